The second-order valence-corrected chi connectivity index (χ2v) is 7.69. The van der Waals surface area contributed by atoms with E-state index < -0.39 is 15.5 Å². The molecule has 1 aliphatic heterocycles. The van der Waals surface area contributed by atoms with Gasteiger partial charge in [-0.05, 0) is 44.3 Å². The highest BCUT2D eigenvalue weighted by Crippen LogP contribution is 2.43. The van der Waals surface area contributed by atoms with Crippen molar-refractivity contribution in [2.24, 2.45) is 0 Å². The molecule has 1 heterocycles. The Labute approximate surface area is 148 Å². The van der Waals surface area contributed by atoms with Crippen LogP contribution in [0.25, 0.3) is 0 Å². The van der Waals surface area contributed by atoms with Crippen LogP contribution in [0.5, 0.6) is 11.5 Å². The summed E-state index contributed by atoms with van der Waals surface area (Å²) in [5.74, 6) is 1.16. The summed E-state index contributed by atoms with van der Waals surface area (Å²) < 4.78 is 38.8. The standard InChI is InChI=1S/C18H22N2O4S/c1-19-12-6-11-18-24-17-10-4-3-9-16(17)20(25(18,21)22)14-7-5-8-15(13-14)23-2/h3-5,7-10,13,18-19H,6,11-12H2,1-2H3. The lowest BCUT2D eigenvalue weighted by Gasteiger charge is -2.35. The van der Waals surface area contributed by atoms with Crippen molar-refractivity contribution < 1.29 is 17.9 Å². The van der Waals surface area contributed by atoms with Gasteiger partial charge in [-0.3, -0.25) is 0 Å². The number of sulfonamides is 1. The van der Waals surface area contributed by atoms with Crippen molar-refractivity contribution in [3.8, 4) is 11.5 Å². The number of methoxy groups -OCH3 is 1. The molecule has 1 atom stereocenters. The first-order valence-electron chi connectivity index (χ1n) is 8.16. The van der Waals surface area contributed by atoms with E-state index in [0.717, 1.165) is 6.54 Å². The molecule has 1 N–H and O–H groups in total. The fourth-order valence-corrected chi connectivity index (χ4v) is 4.62. The van der Waals surface area contributed by atoms with Gasteiger partial charge in [0.25, 0.3) is 10.0 Å². The molecule has 0 saturated carbocycles. The maximum atomic E-state index is 13.2. The number of ether oxygens (including phenoxy) is 2. The zero-order valence-electron chi connectivity index (χ0n) is 14.3. The van der Waals surface area contributed by atoms with Crippen LogP contribution in [0, 0.1) is 0 Å². The van der Waals surface area contributed by atoms with Gasteiger partial charge in [0.2, 0.25) is 5.44 Å². The summed E-state index contributed by atoms with van der Waals surface area (Å²) in [5.41, 5.74) is 0.135. The molecule has 134 valence electrons. The third-order valence-corrected chi connectivity index (χ3v) is 6.00. The summed E-state index contributed by atoms with van der Waals surface area (Å²) in [6.45, 7) is 0.732. The highest BCUT2D eigenvalue weighted by atomic mass is 32.2. The van der Waals surface area contributed by atoms with E-state index in [1.807, 2.05) is 13.1 Å². The highest BCUT2D eigenvalue weighted by Gasteiger charge is 2.40. The molecular weight excluding hydrogens is 340 g/mol. The number of anilines is 2. The van der Waals surface area contributed by atoms with Crippen LogP contribution in [-0.2, 0) is 10.0 Å². The van der Waals surface area contributed by atoms with Gasteiger partial charge in [0.05, 0.1) is 18.5 Å². The predicted molar refractivity (Wildman–Crippen MR) is 98.1 cm³/mol. The molecule has 25 heavy (non-hydrogen) atoms. The van der Waals surface area contributed by atoms with Gasteiger partial charge in [0.15, 0.2) is 0 Å². The van der Waals surface area contributed by atoms with Crippen molar-refractivity contribution in [2.45, 2.75) is 18.3 Å². The summed E-state index contributed by atoms with van der Waals surface area (Å²) in [7, 11) is -0.310. The summed E-state index contributed by atoms with van der Waals surface area (Å²) in [5, 5.41) is 3.03. The molecule has 0 radical (unpaired) electrons. The van der Waals surface area contributed by atoms with Crippen LogP contribution in [0.3, 0.4) is 0 Å². The SMILES string of the molecule is CNCCCC1Oc2ccccc2N(c2cccc(OC)c2)S1(=O)=O. The summed E-state index contributed by atoms with van der Waals surface area (Å²) in [6, 6.07) is 14.2. The van der Waals surface area contributed by atoms with E-state index in [0.29, 0.717) is 35.7 Å². The number of hydrogen-bond acceptors (Lipinski definition) is 5. The van der Waals surface area contributed by atoms with Gasteiger partial charge in [0, 0.05) is 12.5 Å². The number of benzene rings is 2. The third kappa shape index (κ3) is 3.43. The monoisotopic (exact) mass is 362 g/mol. The Morgan fingerprint density at radius 1 is 1.20 bits per heavy atom. The number of para-hydroxylation sites is 2. The Morgan fingerprint density at radius 3 is 2.76 bits per heavy atom. The lowest BCUT2D eigenvalue weighted by molar-refractivity contribution is 0.254. The fourth-order valence-electron chi connectivity index (χ4n) is 2.86. The van der Waals surface area contributed by atoms with Crippen LogP contribution in [-0.4, -0.2) is 34.6 Å². The van der Waals surface area contributed by atoms with Crippen molar-refractivity contribution >= 4 is 21.4 Å². The first-order chi connectivity index (χ1) is 12.1. The summed E-state index contributed by atoms with van der Waals surface area (Å²) in [6.07, 6.45) is 1.12. The molecule has 0 saturated heterocycles. The van der Waals surface area contributed by atoms with Crippen LogP contribution < -0.4 is 19.1 Å². The Kier molecular flexibility index (Phi) is 5.15. The van der Waals surface area contributed by atoms with Crippen molar-refractivity contribution in [1.29, 1.82) is 0 Å². The third-order valence-electron chi connectivity index (χ3n) is 4.08. The molecule has 2 aromatic rings. The fraction of sp³-hybridized carbons (Fsp3) is 0.333. The minimum absolute atomic E-state index is 0.415. The molecule has 6 nitrogen and oxygen atoms in total. The zero-order chi connectivity index (χ0) is 17.9. The van der Waals surface area contributed by atoms with Gasteiger partial charge in [-0.15, -0.1) is 0 Å². The van der Waals surface area contributed by atoms with Crippen molar-refractivity contribution in [3.63, 3.8) is 0 Å². The zero-order valence-corrected chi connectivity index (χ0v) is 15.1. The second kappa shape index (κ2) is 7.33. The van der Waals surface area contributed by atoms with E-state index in [1.165, 1.54) is 4.31 Å². The van der Waals surface area contributed by atoms with Gasteiger partial charge in [-0.25, -0.2) is 12.7 Å². The molecule has 7 heteroatoms. The van der Waals surface area contributed by atoms with Crippen molar-refractivity contribution in [2.75, 3.05) is 25.0 Å². The predicted octanol–water partition coefficient (Wildman–Crippen LogP) is 2.88. The number of rotatable bonds is 6. The summed E-state index contributed by atoms with van der Waals surface area (Å²) in [4.78, 5) is 0. The maximum Gasteiger partial charge on any atom is 0.277 e. The average Bonchev–Trinajstić information content (AvgIpc) is 2.62. The van der Waals surface area contributed by atoms with Crippen LogP contribution in [0.1, 0.15) is 12.8 Å². The first-order valence-corrected chi connectivity index (χ1v) is 9.66. The van der Waals surface area contributed by atoms with E-state index >= 15 is 0 Å². The Bertz CT molecular complexity index is 838. The Balaban J connectivity index is 2.06. The van der Waals surface area contributed by atoms with E-state index in [9.17, 15) is 8.42 Å². The van der Waals surface area contributed by atoms with Crippen LogP contribution >= 0.6 is 0 Å². The quantitative estimate of drug-likeness (QED) is 0.801. The molecule has 2 aromatic carbocycles. The molecule has 0 aromatic heterocycles. The molecule has 0 aliphatic carbocycles. The van der Waals surface area contributed by atoms with E-state index in [-0.39, 0.29) is 0 Å². The largest absolute Gasteiger partial charge is 0.497 e. The second-order valence-electron chi connectivity index (χ2n) is 5.77. The number of hydrogen-bond donors (Lipinski definition) is 1. The highest BCUT2D eigenvalue weighted by molar-refractivity contribution is 7.93. The molecule has 0 amide bonds. The van der Waals surface area contributed by atoms with E-state index in [4.69, 9.17) is 9.47 Å². The lowest BCUT2D eigenvalue weighted by Crippen LogP contribution is -2.43. The van der Waals surface area contributed by atoms with Gasteiger partial charge < -0.3 is 14.8 Å². The number of nitrogens with zero attached hydrogens (tertiary/aromatic N) is 1. The van der Waals surface area contributed by atoms with Crippen molar-refractivity contribution in [3.05, 3.63) is 48.5 Å². The molecule has 3 rings (SSSR count). The molecule has 1 aliphatic rings. The van der Waals surface area contributed by atoms with Crippen LogP contribution in [0.15, 0.2) is 48.5 Å². The van der Waals surface area contributed by atoms with Crippen LogP contribution in [0.4, 0.5) is 11.4 Å². The summed E-state index contributed by atoms with van der Waals surface area (Å²) >= 11 is 0. The van der Waals surface area contributed by atoms with Crippen LogP contribution in [0.2, 0.25) is 0 Å². The van der Waals surface area contributed by atoms with Gasteiger partial charge in [-0.1, -0.05) is 18.2 Å². The number of fused-ring (bicyclic) bond motifs is 1. The normalized spacial score (nSPS) is 18.3. The minimum atomic E-state index is -3.71. The van der Waals surface area contributed by atoms with E-state index in [1.54, 1.807) is 49.6 Å². The first kappa shape index (κ1) is 17.6. The van der Waals surface area contributed by atoms with Gasteiger partial charge in [0.1, 0.15) is 11.5 Å². The average molecular weight is 362 g/mol. The van der Waals surface area contributed by atoms with Crippen molar-refractivity contribution in [1.82, 2.24) is 5.32 Å². The Morgan fingerprint density at radius 2 is 2.00 bits per heavy atom. The lowest BCUT2D eigenvalue weighted by atomic mass is 10.2. The molecule has 0 fully saturated rings. The molecule has 0 bridgehead atoms. The Hall–Kier alpha value is -2.25. The molecule has 0 spiro atoms. The van der Waals surface area contributed by atoms with E-state index in [2.05, 4.69) is 5.32 Å². The molecular formula is C18H22N2O4S. The maximum absolute atomic E-state index is 13.2. The smallest absolute Gasteiger partial charge is 0.277 e. The molecule has 1 unspecified atom stereocenters. The minimum Gasteiger partial charge on any atom is -0.497 e. The van der Waals surface area contributed by atoms with Gasteiger partial charge in [-0.2, -0.15) is 0 Å². The topological polar surface area (TPSA) is 67.9 Å². The number of nitrogens with one attached hydrogen (secondary N) is 1. The van der Waals surface area contributed by atoms with Gasteiger partial charge >= 0.3 is 0 Å².